The van der Waals surface area contributed by atoms with E-state index in [0.29, 0.717) is 29.5 Å². The summed E-state index contributed by atoms with van der Waals surface area (Å²) in [6, 6.07) is 9.91. The molecule has 0 atom stereocenters. The molecule has 3 heterocycles. The van der Waals surface area contributed by atoms with Crippen LogP contribution < -0.4 is 5.56 Å². The van der Waals surface area contributed by atoms with E-state index in [1.807, 2.05) is 0 Å². The molecule has 0 N–H and O–H groups in total. The molecule has 0 bridgehead atoms. The molecule has 8 nitrogen and oxygen atoms in total. The molecule has 2 aromatic heterocycles. The van der Waals surface area contributed by atoms with Crippen LogP contribution in [0.25, 0.3) is 11.4 Å². The number of hydrogen-bond donors (Lipinski definition) is 0. The van der Waals surface area contributed by atoms with Crippen molar-refractivity contribution in [2.75, 3.05) is 13.1 Å². The zero-order valence-corrected chi connectivity index (χ0v) is 16.4. The molecular formula is C18H17ClN4O4S. The second kappa shape index (κ2) is 7.50. The predicted octanol–water partition coefficient (Wildman–Crippen LogP) is 2.38. The van der Waals surface area contributed by atoms with E-state index in [0.717, 1.165) is 12.8 Å². The third kappa shape index (κ3) is 3.48. The van der Waals surface area contributed by atoms with E-state index in [4.69, 9.17) is 16.1 Å². The van der Waals surface area contributed by atoms with Gasteiger partial charge in [-0.1, -0.05) is 28.9 Å². The van der Waals surface area contributed by atoms with Gasteiger partial charge in [-0.05, 0) is 37.1 Å². The van der Waals surface area contributed by atoms with Gasteiger partial charge in [0.15, 0.2) is 0 Å². The van der Waals surface area contributed by atoms with Crippen molar-refractivity contribution in [3.63, 3.8) is 0 Å². The fourth-order valence-corrected chi connectivity index (χ4v) is 4.95. The van der Waals surface area contributed by atoms with Gasteiger partial charge in [0.1, 0.15) is 11.4 Å². The maximum absolute atomic E-state index is 12.8. The summed E-state index contributed by atoms with van der Waals surface area (Å²) in [5.41, 5.74) is -0.0104. The molecular weight excluding hydrogens is 404 g/mol. The van der Waals surface area contributed by atoms with E-state index >= 15 is 0 Å². The number of pyridine rings is 1. The van der Waals surface area contributed by atoms with Gasteiger partial charge >= 0.3 is 0 Å². The Balaban J connectivity index is 1.63. The SMILES string of the molecule is O=c1c(S(=O)(=O)N2CCCC2)cccn1Cc1nc(-c2ccccc2Cl)no1. The fourth-order valence-electron chi connectivity index (χ4n) is 3.12. The molecule has 1 fully saturated rings. The monoisotopic (exact) mass is 420 g/mol. The maximum atomic E-state index is 12.8. The highest BCUT2D eigenvalue weighted by Crippen LogP contribution is 2.25. The van der Waals surface area contributed by atoms with Crippen molar-refractivity contribution in [3.8, 4) is 11.4 Å². The second-order valence-corrected chi connectivity index (χ2v) is 8.72. The van der Waals surface area contributed by atoms with Crippen molar-refractivity contribution in [3.05, 3.63) is 63.9 Å². The first kappa shape index (κ1) is 18.9. The standard InChI is InChI=1S/C18H17ClN4O4S/c19-14-7-2-1-6-13(14)17-20-16(27-21-17)12-22-9-5-8-15(18(22)24)28(25,26)23-10-3-4-11-23/h1-2,5-9H,3-4,10-12H2. The van der Waals surface area contributed by atoms with E-state index in [2.05, 4.69) is 10.1 Å². The van der Waals surface area contributed by atoms with Gasteiger partial charge in [-0.2, -0.15) is 9.29 Å². The molecule has 1 saturated heterocycles. The fraction of sp³-hybridized carbons (Fsp3) is 0.278. The van der Waals surface area contributed by atoms with Crippen LogP contribution in [-0.2, 0) is 16.6 Å². The van der Waals surface area contributed by atoms with Gasteiger partial charge in [-0.15, -0.1) is 0 Å². The molecule has 4 rings (SSSR count). The van der Waals surface area contributed by atoms with Crippen LogP contribution in [0.1, 0.15) is 18.7 Å². The topological polar surface area (TPSA) is 98.3 Å². The lowest BCUT2D eigenvalue weighted by Gasteiger charge is -2.15. The van der Waals surface area contributed by atoms with Gasteiger partial charge in [-0.3, -0.25) is 4.79 Å². The summed E-state index contributed by atoms with van der Waals surface area (Å²) in [6.07, 6.45) is 3.09. The minimum atomic E-state index is -3.81. The molecule has 10 heteroatoms. The highest BCUT2D eigenvalue weighted by Gasteiger charge is 2.30. The predicted molar refractivity (Wildman–Crippen MR) is 103 cm³/mol. The molecule has 28 heavy (non-hydrogen) atoms. The Morgan fingerprint density at radius 3 is 2.61 bits per heavy atom. The lowest BCUT2D eigenvalue weighted by molar-refractivity contribution is 0.369. The van der Waals surface area contributed by atoms with Crippen molar-refractivity contribution >= 4 is 21.6 Å². The van der Waals surface area contributed by atoms with Crippen molar-refractivity contribution in [2.45, 2.75) is 24.3 Å². The van der Waals surface area contributed by atoms with Gasteiger partial charge < -0.3 is 9.09 Å². The number of aromatic nitrogens is 3. The summed E-state index contributed by atoms with van der Waals surface area (Å²) in [6.45, 7) is 0.822. The van der Waals surface area contributed by atoms with Crippen LogP contribution in [0.4, 0.5) is 0 Å². The van der Waals surface area contributed by atoms with Crippen LogP contribution in [0.2, 0.25) is 5.02 Å². The number of nitrogens with zero attached hydrogens (tertiary/aromatic N) is 4. The van der Waals surface area contributed by atoms with E-state index in [1.54, 1.807) is 24.3 Å². The zero-order chi connectivity index (χ0) is 19.7. The Labute approximate surface area is 166 Å². The maximum Gasteiger partial charge on any atom is 0.271 e. The molecule has 0 amide bonds. The highest BCUT2D eigenvalue weighted by molar-refractivity contribution is 7.89. The van der Waals surface area contributed by atoms with Crippen LogP contribution >= 0.6 is 11.6 Å². The van der Waals surface area contributed by atoms with Crippen molar-refractivity contribution < 1.29 is 12.9 Å². The van der Waals surface area contributed by atoms with Gasteiger partial charge in [0.05, 0.1) is 5.02 Å². The van der Waals surface area contributed by atoms with E-state index in [9.17, 15) is 13.2 Å². The molecule has 146 valence electrons. The van der Waals surface area contributed by atoms with Crippen molar-refractivity contribution in [1.82, 2.24) is 19.0 Å². The van der Waals surface area contributed by atoms with Crippen LogP contribution in [0, 0.1) is 0 Å². The zero-order valence-electron chi connectivity index (χ0n) is 14.8. The Kier molecular flexibility index (Phi) is 5.05. The molecule has 0 spiro atoms. The minimum Gasteiger partial charge on any atom is -0.337 e. The number of benzene rings is 1. The van der Waals surface area contributed by atoms with Gasteiger partial charge in [-0.25, -0.2) is 8.42 Å². The summed E-state index contributed by atoms with van der Waals surface area (Å²) in [7, 11) is -3.81. The van der Waals surface area contributed by atoms with Gasteiger partial charge in [0, 0.05) is 24.8 Å². The summed E-state index contributed by atoms with van der Waals surface area (Å²) in [5.74, 6) is 0.474. The van der Waals surface area contributed by atoms with Crippen molar-refractivity contribution in [2.24, 2.45) is 0 Å². The number of rotatable bonds is 5. The first-order chi connectivity index (χ1) is 13.5. The number of sulfonamides is 1. The molecule has 1 aliphatic rings. The highest BCUT2D eigenvalue weighted by atomic mass is 35.5. The van der Waals surface area contributed by atoms with Gasteiger partial charge in [0.2, 0.25) is 21.7 Å². The molecule has 0 radical (unpaired) electrons. The van der Waals surface area contributed by atoms with Crippen LogP contribution in [0.3, 0.4) is 0 Å². The third-order valence-electron chi connectivity index (χ3n) is 4.56. The van der Waals surface area contributed by atoms with Crippen LogP contribution in [-0.4, -0.2) is 40.5 Å². The first-order valence-electron chi connectivity index (χ1n) is 8.74. The Hall–Kier alpha value is -2.49. The Morgan fingerprint density at radius 1 is 1.11 bits per heavy atom. The summed E-state index contributed by atoms with van der Waals surface area (Å²) in [4.78, 5) is 16.8. The van der Waals surface area contributed by atoms with Gasteiger partial charge in [0.25, 0.3) is 5.56 Å². The smallest absolute Gasteiger partial charge is 0.271 e. The van der Waals surface area contributed by atoms with Crippen LogP contribution in [0.15, 0.2) is 56.8 Å². The molecule has 3 aromatic rings. The van der Waals surface area contributed by atoms with E-state index in [1.165, 1.54) is 27.2 Å². The number of hydrogen-bond acceptors (Lipinski definition) is 6. The summed E-state index contributed by atoms with van der Waals surface area (Å²) < 4.78 is 33.3. The molecule has 0 saturated carbocycles. The normalized spacial score (nSPS) is 15.2. The Morgan fingerprint density at radius 2 is 1.86 bits per heavy atom. The average molecular weight is 421 g/mol. The lowest BCUT2D eigenvalue weighted by atomic mass is 10.2. The first-order valence-corrected chi connectivity index (χ1v) is 10.6. The Bertz CT molecular complexity index is 1170. The lowest BCUT2D eigenvalue weighted by Crippen LogP contribution is -2.34. The van der Waals surface area contributed by atoms with E-state index in [-0.39, 0.29) is 17.3 Å². The number of halogens is 1. The average Bonchev–Trinajstić information content (AvgIpc) is 3.36. The largest absolute Gasteiger partial charge is 0.337 e. The summed E-state index contributed by atoms with van der Waals surface area (Å²) >= 11 is 6.14. The molecule has 0 aliphatic carbocycles. The van der Waals surface area contributed by atoms with Crippen molar-refractivity contribution in [1.29, 1.82) is 0 Å². The van der Waals surface area contributed by atoms with Crippen LogP contribution in [0.5, 0.6) is 0 Å². The molecule has 1 aromatic carbocycles. The quantitative estimate of drug-likeness (QED) is 0.628. The molecule has 0 unspecified atom stereocenters. The second-order valence-electron chi connectivity index (χ2n) is 6.41. The third-order valence-corrected chi connectivity index (χ3v) is 6.80. The minimum absolute atomic E-state index is 0.0420. The summed E-state index contributed by atoms with van der Waals surface area (Å²) in [5, 5.41) is 4.37. The van der Waals surface area contributed by atoms with E-state index < -0.39 is 15.6 Å². The molecule has 1 aliphatic heterocycles.